The number of phenols is 5. The molecule has 0 saturated carbocycles. The van der Waals surface area contributed by atoms with Crippen LogP contribution in [0.15, 0.2) is 69.9 Å². The Kier molecular flexibility index (Phi) is 11.5. The van der Waals surface area contributed by atoms with Crippen molar-refractivity contribution in [2.24, 2.45) is 0 Å². The van der Waals surface area contributed by atoms with Crippen molar-refractivity contribution >= 4 is 23.0 Å². The van der Waals surface area contributed by atoms with Crippen LogP contribution in [-0.2, 0) is 23.7 Å². The first-order chi connectivity index (χ1) is 26.2. The van der Waals surface area contributed by atoms with Crippen molar-refractivity contribution in [3.05, 3.63) is 76.5 Å². The third kappa shape index (κ3) is 8.01. The molecule has 0 spiro atoms. The second kappa shape index (κ2) is 16.1. The van der Waals surface area contributed by atoms with Crippen LogP contribution < -0.4 is 10.2 Å². The summed E-state index contributed by atoms with van der Waals surface area (Å²) >= 11 is 0. The fourth-order valence-corrected chi connectivity index (χ4v) is 6.01. The number of hydrogen-bond acceptors (Lipinski definition) is 19. The van der Waals surface area contributed by atoms with Gasteiger partial charge in [0.05, 0.1) is 13.2 Å². The van der Waals surface area contributed by atoms with E-state index in [2.05, 4.69) is 0 Å². The topological polar surface area (TPSA) is 316 Å². The Morgan fingerprint density at radius 1 is 0.709 bits per heavy atom. The lowest BCUT2D eigenvalue weighted by Crippen LogP contribution is -2.65. The highest BCUT2D eigenvalue weighted by Crippen LogP contribution is 2.40. The smallest absolute Gasteiger partial charge is 0.331 e. The van der Waals surface area contributed by atoms with Crippen LogP contribution in [-0.4, -0.2) is 137 Å². The quantitative estimate of drug-likeness (QED) is 0.0537. The molecule has 19 nitrogen and oxygen atoms in total. The number of aliphatic hydroxyl groups excluding tert-OH is 6. The molecule has 294 valence electrons. The van der Waals surface area contributed by atoms with Crippen molar-refractivity contribution in [3.63, 3.8) is 0 Å². The Bertz CT molecular complexity index is 2100. The Hall–Kier alpha value is -5.48. The van der Waals surface area contributed by atoms with Gasteiger partial charge in [0.15, 0.2) is 35.8 Å². The molecule has 11 N–H and O–H groups in total. The minimum Gasteiger partial charge on any atom is -0.508 e. The van der Waals surface area contributed by atoms with Crippen molar-refractivity contribution in [2.75, 3.05) is 13.2 Å². The maximum Gasteiger partial charge on any atom is 0.331 e. The highest BCUT2D eigenvalue weighted by atomic mass is 16.8. The van der Waals surface area contributed by atoms with Gasteiger partial charge in [0.2, 0.25) is 17.5 Å². The minimum atomic E-state index is -2.07. The zero-order valence-corrected chi connectivity index (χ0v) is 28.2. The number of aromatic hydroxyl groups is 5. The molecule has 2 fully saturated rings. The highest BCUT2D eigenvalue weighted by molar-refractivity contribution is 5.88. The van der Waals surface area contributed by atoms with E-state index in [9.17, 15) is 65.8 Å². The molecule has 10 atom stereocenters. The zero-order chi connectivity index (χ0) is 39.7. The first-order valence-corrected chi connectivity index (χ1v) is 16.5. The maximum absolute atomic E-state index is 14.0. The summed E-state index contributed by atoms with van der Waals surface area (Å²) in [5, 5.41) is 113. The zero-order valence-electron chi connectivity index (χ0n) is 28.2. The number of ether oxygens (including phenoxy) is 5. The van der Waals surface area contributed by atoms with E-state index in [4.69, 9.17) is 28.1 Å². The van der Waals surface area contributed by atoms with Crippen LogP contribution in [0.5, 0.6) is 34.5 Å². The molecule has 4 aromatic rings. The van der Waals surface area contributed by atoms with Crippen LogP contribution in [0.3, 0.4) is 0 Å². The number of esters is 1. The maximum atomic E-state index is 14.0. The van der Waals surface area contributed by atoms with Crippen molar-refractivity contribution in [2.45, 2.75) is 61.4 Å². The lowest BCUT2D eigenvalue weighted by Gasteiger charge is -2.46. The fraction of sp³-hybridized carbons (Fsp3) is 0.333. The van der Waals surface area contributed by atoms with Gasteiger partial charge in [-0.3, -0.25) is 4.79 Å². The minimum absolute atomic E-state index is 0.0306. The average Bonchev–Trinajstić information content (AvgIpc) is 3.15. The van der Waals surface area contributed by atoms with Crippen LogP contribution >= 0.6 is 0 Å². The van der Waals surface area contributed by atoms with Gasteiger partial charge < -0.3 is 84.3 Å². The Morgan fingerprint density at radius 2 is 1.35 bits per heavy atom. The number of fused-ring (bicyclic) bond motifs is 1. The largest absolute Gasteiger partial charge is 0.508 e. The van der Waals surface area contributed by atoms with E-state index in [-0.39, 0.29) is 16.9 Å². The van der Waals surface area contributed by atoms with Crippen molar-refractivity contribution in [3.8, 4) is 45.8 Å². The van der Waals surface area contributed by atoms with Gasteiger partial charge in [0.25, 0.3) is 0 Å². The summed E-state index contributed by atoms with van der Waals surface area (Å²) in [5.41, 5.74) is -1.11. The van der Waals surface area contributed by atoms with Crippen LogP contribution in [0.1, 0.15) is 5.56 Å². The summed E-state index contributed by atoms with van der Waals surface area (Å²) in [6, 6.07) is 10.7. The number of hydrogen-bond donors (Lipinski definition) is 11. The summed E-state index contributed by atoms with van der Waals surface area (Å²) in [6.45, 7) is -1.81. The number of carbonyl (C=O) groups is 1. The molecular weight excluding hydrogens is 736 g/mol. The number of benzene rings is 3. The van der Waals surface area contributed by atoms with Gasteiger partial charge in [-0.1, -0.05) is 12.1 Å². The Balaban J connectivity index is 1.39. The number of rotatable bonds is 10. The molecular formula is C36H36O19. The van der Waals surface area contributed by atoms with Gasteiger partial charge in [0.1, 0.15) is 64.8 Å². The lowest BCUT2D eigenvalue weighted by atomic mass is 9.97. The fourth-order valence-electron chi connectivity index (χ4n) is 6.01. The van der Waals surface area contributed by atoms with Gasteiger partial charge in [-0.2, -0.15) is 0 Å². The van der Waals surface area contributed by atoms with E-state index in [0.717, 1.165) is 30.3 Å². The van der Waals surface area contributed by atoms with Gasteiger partial charge in [-0.05, 0) is 42.0 Å². The first kappa shape index (κ1) is 39.2. The molecule has 0 aliphatic carbocycles. The molecule has 2 aliphatic rings. The first-order valence-electron chi connectivity index (χ1n) is 16.5. The number of phenolic OH excluding ortho intramolecular Hbond substituents is 5. The SMILES string of the molecule is O=C(C=Cc1ccc(O)cc1)OC1C(OC2C(Oc3c(-c4ccc(O)c(O)c4)oc4cc(O)cc(O)c4c3=O)OC(CO)C(O)C2O)OC(CO)C(O)C1O. The van der Waals surface area contributed by atoms with Gasteiger partial charge in [0, 0.05) is 23.8 Å². The predicted octanol–water partition coefficient (Wildman–Crippen LogP) is -0.745. The number of aliphatic hydroxyl groups is 6. The molecule has 0 amide bonds. The third-order valence-electron chi connectivity index (χ3n) is 8.89. The van der Waals surface area contributed by atoms with Crippen LogP contribution in [0, 0.1) is 0 Å². The molecule has 3 aromatic carbocycles. The standard InChI is InChI=1S/C36H36O19/c37-12-22-26(45)29(48)33(53-24(44)8-3-14-1-5-16(39)6-2-14)35(51-22)55-34-30(49)27(46)23(13-38)52-36(34)54-32-28(47)25-20(43)10-17(40)11-21(25)50-31(32)15-4-7-18(41)19(42)9-15/h1-11,22-23,26-27,29-30,33-43,45-46,48-49H,12-13H2. The molecule has 19 heteroatoms. The van der Waals surface area contributed by atoms with Crippen molar-refractivity contribution < 1.29 is 89.1 Å². The second-order valence-electron chi connectivity index (χ2n) is 12.6. The van der Waals surface area contributed by atoms with Crippen LogP contribution in [0.4, 0.5) is 0 Å². The summed E-state index contributed by atoms with van der Waals surface area (Å²) in [7, 11) is 0. The monoisotopic (exact) mass is 772 g/mol. The van der Waals surface area contributed by atoms with Crippen LogP contribution in [0.25, 0.3) is 28.4 Å². The highest BCUT2D eigenvalue weighted by Gasteiger charge is 2.53. The molecule has 10 unspecified atom stereocenters. The van der Waals surface area contributed by atoms with E-state index < -0.39 is 126 Å². The van der Waals surface area contributed by atoms with Crippen LogP contribution in [0.2, 0.25) is 0 Å². The van der Waals surface area contributed by atoms with Crippen molar-refractivity contribution in [1.29, 1.82) is 0 Å². The normalized spacial score (nSPS) is 28.3. The summed E-state index contributed by atoms with van der Waals surface area (Å²) < 4.78 is 34.4. The molecule has 0 radical (unpaired) electrons. The summed E-state index contributed by atoms with van der Waals surface area (Å²) in [5.74, 6) is -4.86. The second-order valence-corrected chi connectivity index (χ2v) is 12.6. The van der Waals surface area contributed by atoms with E-state index in [1.54, 1.807) is 0 Å². The summed E-state index contributed by atoms with van der Waals surface area (Å²) in [4.78, 5) is 26.9. The van der Waals surface area contributed by atoms with Gasteiger partial charge >= 0.3 is 5.97 Å². The third-order valence-corrected chi connectivity index (χ3v) is 8.89. The molecule has 1 aromatic heterocycles. The molecule has 3 heterocycles. The van der Waals surface area contributed by atoms with E-state index in [1.807, 2.05) is 0 Å². The molecule has 6 rings (SSSR count). The molecule has 2 saturated heterocycles. The van der Waals surface area contributed by atoms with E-state index in [0.29, 0.717) is 5.56 Å². The average molecular weight is 773 g/mol. The molecule has 2 aliphatic heterocycles. The molecule has 55 heavy (non-hydrogen) atoms. The van der Waals surface area contributed by atoms with Gasteiger partial charge in [-0.15, -0.1) is 0 Å². The van der Waals surface area contributed by atoms with Crippen molar-refractivity contribution in [1.82, 2.24) is 0 Å². The van der Waals surface area contributed by atoms with E-state index in [1.165, 1.54) is 36.4 Å². The summed E-state index contributed by atoms with van der Waals surface area (Å²) in [6.07, 6.45) is -16.6. The Labute approximate surface area is 308 Å². The predicted molar refractivity (Wildman–Crippen MR) is 183 cm³/mol. The lowest BCUT2D eigenvalue weighted by molar-refractivity contribution is -0.358. The van der Waals surface area contributed by atoms with Gasteiger partial charge in [-0.25, -0.2) is 4.79 Å². The van der Waals surface area contributed by atoms with E-state index >= 15 is 0 Å². The molecule has 0 bridgehead atoms. The Morgan fingerprint density at radius 3 is 1.98 bits per heavy atom. The number of carbonyl (C=O) groups excluding carboxylic acids is 1.